The highest BCUT2D eigenvalue weighted by Crippen LogP contribution is 2.09. The van der Waals surface area contributed by atoms with Gasteiger partial charge in [-0.05, 0) is 24.9 Å². The van der Waals surface area contributed by atoms with Crippen molar-refractivity contribution in [3.05, 3.63) is 35.9 Å². The molecule has 2 N–H and O–H groups in total. The molecule has 1 heterocycles. The fourth-order valence-electron chi connectivity index (χ4n) is 3.32. The number of hydrogen-bond donors (Lipinski definition) is 1. The lowest BCUT2D eigenvalue weighted by atomic mass is 10.0. The van der Waals surface area contributed by atoms with Gasteiger partial charge in [-0.1, -0.05) is 44.2 Å². The standard InChI is InChI=1S/C20H34N4O/c1-17(2)15-19(21)20(25)24-13-11-23(12-14-24)10-9-22(3)16-18-7-5-4-6-8-18/h4-8,17,19H,9-16,21H2,1-3H3/t19-/m0/s1. The largest absolute Gasteiger partial charge is 0.339 e. The van der Waals surface area contributed by atoms with E-state index < -0.39 is 0 Å². The van der Waals surface area contributed by atoms with E-state index in [2.05, 4.69) is 61.0 Å². The van der Waals surface area contributed by atoms with Crippen LogP contribution in [-0.4, -0.2) is 73.0 Å². The van der Waals surface area contributed by atoms with Gasteiger partial charge in [0.2, 0.25) is 5.91 Å². The number of carbonyl (C=O) groups is 1. The number of piperazine rings is 1. The minimum Gasteiger partial charge on any atom is -0.339 e. The van der Waals surface area contributed by atoms with E-state index in [1.807, 2.05) is 4.90 Å². The normalized spacial score (nSPS) is 17.3. The topological polar surface area (TPSA) is 52.8 Å². The predicted molar refractivity (Wildman–Crippen MR) is 103 cm³/mol. The molecule has 0 bridgehead atoms. The SMILES string of the molecule is CC(C)C[C@H](N)C(=O)N1CCN(CCN(C)Cc2ccccc2)CC1. The summed E-state index contributed by atoms with van der Waals surface area (Å²) in [6, 6.07) is 10.2. The molecule has 0 saturated carbocycles. The zero-order chi connectivity index (χ0) is 18.2. The average Bonchev–Trinajstić information content (AvgIpc) is 2.60. The molecule has 1 saturated heterocycles. The summed E-state index contributed by atoms with van der Waals surface area (Å²) in [5.41, 5.74) is 7.39. The maximum absolute atomic E-state index is 12.4. The second kappa shape index (κ2) is 9.90. The number of benzene rings is 1. The molecule has 5 heteroatoms. The summed E-state index contributed by atoms with van der Waals surface area (Å²) in [6.45, 7) is 10.8. The fourth-order valence-corrected chi connectivity index (χ4v) is 3.32. The van der Waals surface area contributed by atoms with Crippen molar-refractivity contribution in [3.8, 4) is 0 Å². The first kappa shape index (κ1) is 19.9. The highest BCUT2D eigenvalue weighted by Gasteiger charge is 2.25. The van der Waals surface area contributed by atoms with E-state index in [4.69, 9.17) is 5.73 Å². The number of rotatable bonds is 8. The first-order valence-electron chi connectivity index (χ1n) is 9.45. The van der Waals surface area contributed by atoms with Crippen molar-refractivity contribution in [1.82, 2.24) is 14.7 Å². The molecule has 1 aromatic carbocycles. The zero-order valence-corrected chi connectivity index (χ0v) is 16.0. The molecule has 0 spiro atoms. The number of likely N-dealkylation sites (N-methyl/N-ethyl adjacent to an activating group) is 1. The van der Waals surface area contributed by atoms with Crippen molar-refractivity contribution >= 4 is 5.91 Å². The Kier molecular flexibility index (Phi) is 7.88. The molecule has 1 aliphatic heterocycles. The van der Waals surface area contributed by atoms with Gasteiger partial charge in [-0.3, -0.25) is 9.69 Å². The van der Waals surface area contributed by atoms with Gasteiger partial charge in [0.05, 0.1) is 6.04 Å². The monoisotopic (exact) mass is 346 g/mol. The molecule has 1 aromatic rings. The van der Waals surface area contributed by atoms with Gasteiger partial charge in [0.25, 0.3) is 0 Å². The summed E-state index contributed by atoms with van der Waals surface area (Å²) in [5.74, 6) is 0.579. The predicted octanol–water partition coefficient (Wildman–Crippen LogP) is 1.64. The molecule has 1 aliphatic rings. The quantitative estimate of drug-likeness (QED) is 0.777. The lowest BCUT2D eigenvalue weighted by Crippen LogP contribution is -2.54. The Morgan fingerprint density at radius 2 is 1.80 bits per heavy atom. The van der Waals surface area contributed by atoms with Crippen LogP contribution in [0.5, 0.6) is 0 Å². The average molecular weight is 347 g/mol. The smallest absolute Gasteiger partial charge is 0.239 e. The van der Waals surface area contributed by atoms with Gasteiger partial charge in [-0.25, -0.2) is 0 Å². The number of nitrogens with zero attached hydrogens (tertiary/aromatic N) is 3. The lowest BCUT2D eigenvalue weighted by Gasteiger charge is -2.36. The highest BCUT2D eigenvalue weighted by molar-refractivity contribution is 5.81. The van der Waals surface area contributed by atoms with E-state index >= 15 is 0 Å². The van der Waals surface area contributed by atoms with Crippen LogP contribution < -0.4 is 5.73 Å². The summed E-state index contributed by atoms with van der Waals surface area (Å²) in [5, 5.41) is 0. The minimum atomic E-state index is -0.344. The van der Waals surface area contributed by atoms with Crippen LogP contribution in [0.25, 0.3) is 0 Å². The molecule has 0 radical (unpaired) electrons. The third kappa shape index (κ3) is 6.77. The van der Waals surface area contributed by atoms with Crippen molar-refractivity contribution in [2.24, 2.45) is 11.7 Å². The number of carbonyl (C=O) groups excluding carboxylic acids is 1. The van der Waals surface area contributed by atoms with Crippen LogP contribution in [0.3, 0.4) is 0 Å². The summed E-state index contributed by atoms with van der Waals surface area (Å²) in [6.07, 6.45) is 0.767. The van der Waals surface area contributed by atoms with Crippen LogP contribution in [-0.2, 0) is 11.3 Å². The molecular weight excluding hydrogens is 312 g/mol. The Balaban J connectivity index is 1.67. The number of hydrogen-bond acceptors (Lipinski definition) is 4. The van der Waals surface area contributed by atoms with Crippen LogP contribution in [0.15, 0.2) is 30.3 Å². The van der Waals surface area contributed by atoms with E-state index in [0.717, 1.165) is 52.2 Å². The lowest BCUT2D eigenvalue weighted by molar-refractivity contribution is -0.134. The molecule has 1 fully saturated rings. The van der Waals surface area contributed by atoms with E-state index in [0.29, 0.717) is 5.92 Å². The summed E-state index contributed by atoms with van der Waals surface area (Å²) in [7, 11) is 2.16. The van der Waals surface area contributed by atoms with Gasteiger partial charge in [-0.15, -0.1) is 0 Å². The van der Waals surface area contributed by atoms with Crippen LogP contribution in [0, 0.1) is 5.92 Å². The Bertz CT molecular complexity index is 512. The molecule has 140 valence electrons. The van der Waals surface area contributed by atoms with Crippen LogP contribution in [0.4, 0.5) is 0 Å². The number of amides is 1. The van der Waals surface area contributed by atoms with Crippen LogP contribution >= 0.6 is 0 Å². The van der Waals surface area contributed by atoms with Gasteiger partial charge in [0, 0.05) is 45.8 Å². The third-order valence-electron chi connectivity index (χ3n) is 4.82. The Hall–Kier alpha value is -1.43. The minimum absolute atomic E-state index is 0.120. The molecule has 2 rings (SSSR count). The van der Waals surface area contributed by atoms with Crippen molar-refractivity contribution < 1.29 is 4.79 Å². The molecule has 0 unspecified atom stereocenters. The fraction of sp³-hybridized carbons (Fsp3) is 0.650. The highest BCUT2D eigenvalue weighted by atomic mass is 16.2. The van der Waals surface area contributed by atoms with Gasteiger partial charge in [-0.2, -0.15) is 0 Å². The third-order valence-corrected chi connectivity index (χ3v) is 4.82. The van der Waals surface area contributed by atoms with E-state index in [-0.39, 0.29) is 11.9 Å². The molecule has 25 heavy (non-hydrogen) atoms. The van der Waals surface area contributed by atoms with E-state index in [1.54, 1.807) is 0 Å². The molecule has 0 aromatic heterocycles. The first-order chi connectivity index (χ1) is 12.0. The molecule has 1 amide bonds. The molecule has 5 nitrogen and oxygen atoms in total. The number of nitrogens with two attached hydrogens (primary N) is 1. The van der Waals surface area contributed by atoms with Gasteiger partial charge >= 0.3 is 0 Å². The molecule has 1 atom stereocenters. The Morgan fingerprint density at radius 1 is 1.16 bits per heavy atom. The van der Waals surface area contributed by atoms with Gasteiger partial charge < -0.3 is 15.5 Å². The van der Waals surface area contributed by atoms with E-state index in [9.17, 15) is 4.79 Å². The second-order valence-corrected chi connectivity index (χ2v) is 7.63. The second-order valence-electron chi connectivity index (χ2n) is 7.63. The molecule has 0 aliphatic carbocycles. The maximum Gasteiger partial charge on any atom is 0.239 e. The maximum atomic E-state index is 12.4. The summed E-state index contributed by atoms with van der Waals surface area (Å²) >= 11 is 0. The van der Waals surface area contributed by atoms with Crippen molar-refractivity contribution in [2.45, 2.75) is 32.9 Å². The summed E-state index contributed by atoms with van der Waals surface area (Å²) in [4.78, 5) is 19.1. The van der Waals surface area contributed by atoms with Gasteiger partial charge in [0.1, 0.15) is 0 Å². The Labute approximate surface area is 152 Å². The van der Waals surface area contributed by atoms with Crippen molar-refractivity contribution in [2.75, 3.05) is 46.3 Å². The van der Waals surface area contributed by atoms with Crippen LogP contribution in [0.2, 0.25) is 0 Å². The van der Waals surface area contributed by atoms with Crippen molar-refractivity contribution in [1.29, 1.82) is 0 Å². The van der Waals surface area contributed by atoms with Gasteiger partial charge in [0.15, 0.2) is 0 Å². The zero-order valence-electron chi connectivity index (χ0n) is 16.0. The van der Waals surface area contributed by atoms with E-state index in [1.165, 1.54) is 5.56 Å². The van der Waals surface area contributed by atoms with Crippen LogP contribution in [0.1, 0.15) is 25.8 Å². The summed E-state index contributed by atoms with van der Waals surface area (Å²) < 4.78 is 0. The van der Waals surface area contributed by atoms with Crippen molar-refractivity contribution in [3.63, 3.8) is 0 Å². The Morgan fingerprint density at radius 3 is 2.40 bits per heavy atom. The first-order valence-corrected chi connectivity index (χ1v) is 9.45. The molecular formula is C20H34N4O.